The maximum atomic E-state index is 5.73. The van der Waals surface area contributed by atoms with Crippen molar-refractivity contribution in [1.29, 1.82) is 0 Å². The zero-order chi connectivity index (χ0) is 13.7. The van der Waals surface area contributed by atoms with E-state index in [4.69, 9.17) is 10.5 Å². The number of nitrogens with two attached hydrogens (primary N) is 1. The Morgan fingerprint density at radius 3 is 2.74 bits per heavy atom. The lowest BCUT2D eigenvalue weighted by atomic mass is 10.1. The predicted molar refractivity (Wildman–Crippen MR) is 76.4 cm³/mol. The molecular weight excluding hydrogens is 242 g/mol. The maximum absolute atomic E-state index is 5.73. The molecule has 1 unspecified atom stereocenters. The highest BCUT2D eigenvalue weighted by molar-refractivity contribution is 5.48. The standard InChI is InChI=1S/C13H23N5O/c1-9(14)8-15-12-7-13(17-10(2)16-12)18-11-3-5-19-6-4-11/h7,9,11H,3-6,8,14H2,1-2H3,(H2,15,16,17,18). The van der Waals surface area contributed by atoms with Crippen LogP contribution in [0.2, 0.25) is 0 Å². The van der Waals surface area contributed by atoms with E-state index in [2.05, 4.69) is 20.6 Å². The van der Waals surface area contributed by atoms with Crippen LogP contribution >= 0.6 is 0 Å². The highest BCUT2D eigenvalue weighted by Crippen LogP contribution is 2.16. The van der Waals surface area contributed by atoms with E-state index in [1.165, 1.54) is 0 Å². The molecule has 6 heteroatoms. The number of hydrogen-bond donors (Lipinski definition) is 3. The van der Waals surface area contributed by atoms with Crippen molar-refractivity contribution in [3.63, 3.8) is 0 Å². The molecule has 106 valence electrons. The number of nitrogens with zero attached hydrogens (tertiary/aromatic N) is 2. The van der Waals surface area contributed by atoms with Gasteiger partial charge in [0.15, 0.2) is 0 Å². The average Bonchev–Trinajstić information content (AvgIpc) is 2.37. The van der Waals surface area contributed by atoms with E-state index in [-0.39, 0.29) is 6.04 Å². The molecule has 1 fully saturated rings. The summed E-state index contributed by atoms with van der Waals surface area (Å²) in [6.07, 6.45) is 2.04. The van der Waals surface area contributed by atoms with Gasteiger partial charge in [0, 0.05) is 37.9 Å². The molecule has 0 amide bonds. The van der Waals surface area contributed by atoms with Crippen LogP contribution in [-0.2, 0) is 4.74 Å². The molecule has 0 saturated carbocycles. The van der Waals surface area contributed by atoms with Gasteiger partial charge in [0.2, 0.25) is 0 Å². The predicted octanol–water partition coefficient (Wildman–Crippen LogP) is 1.14. The number of aryl methyl sites for hydroxylation is 1. The molecule has 19 heavy (non-hydrogen) atoms. The lowest BCUT2D eigenvalue weighted by molar-refractivity contribution is 0.0904. The third-order valence-electron chi connectivity index (χ3n) is 3.02. The van der Waals surface area contributed by atoms with E-state index in [0.29, 0.717) is 12.6 Å². The summed E-state index contributed by atoms with van der Waals surface area (Å²) in [6, 6.07) is 2.47. The normalized spacial score (nSPS) is 18.1. The second-order valence-corrected chi connectivity index (χ2v) is 5.07. The number of anilines is 2. The fourth-order valence-electron chi connectivity index (χ4n) is 2.05. The topological polar surface area (TPSA) is 85.1 Å². The maximum Gasteiger partial charge on any atom is 0.132 e. The van der Waals surface area contributed by atoms with Crippen molar-refractivity contribution in [2.75, 3.05) is 30.4 Å². The first-order valence-corrected chi connectivity index (χ1v) is 6.83. The molecule has 2 rings (SSSR count). The minimum absolute atomic E-state index is 0.0992. The average molecular weight is 265 g/mol. The Morgan fingerprint density at radius 2 is 2.05 bits per heavy atom. The molecule has 1 aromatic rings. The summed E-state index contributed by atoms with van der Waals surface area (Å²) in [6.45, 7) is 6.19. The first-order valence-electron chi connectivity index (χ1n) is 6.83. The molecule has 0 bridgehead atoms. The minimum atomic E-state index is 0.0992. The van der Waals surface area contributed by atoms with Crippen LogP contribution in [0.15, 0.2) is 6.07 Å². The summed E-state index contributed by atoms with van der Waals surface area (Å²) in [4.78, 5) is 8.78. The molecule has 1 atom stereocenters. The molecule has 6 nitrogen and oxygen atoms in total. The van der Waals surface area contributed by atoms with Crippen LogP contribution in [-0.4, -0.2) is 41.8 Å². The molecule has 0 radical (unpaired) electrons. The van der Waals surface area contributed by atoms with Gasteiger partial charge in [-0.05, 0) is 26.7 Å². The lowest BCUT2D eigenvalue weighted by Gasteiger charge is -2.24. The van der Waals surface area contributed by atoms with Crippen molar-refractivity contribution in [2.24, 2.45) is 5.73 Å². The van der Waals surface area contributed by atoms with Gasteiger partial charge in [-0.2, -0.15) is 0 Å². The van der Waals surface area contributed by atoms with E-state index < -0.39 is 0 Å². The number of rotatable bonds is 5. The Morgan fingerprint density at radius 1 is 1.37 bits per heavy atom. The van der Waals surface area contributed by atoms with Crippen LogP contribution in [0.25, 0.3) is 0 Å². The fraction of sp³-hybridized carbons (Fsp3) is 0.692. The summed E-state index contributed by atoms with van der Waals surface area (Å²) >= 11 is 0. The number of hydrogen-bond acceptors (Lipinski definition) is 6. The Labute approximate surface area is 114 Å². The van der Waals surface area contributed by atoms with Gasteiger partial charge in [0.05, 0.1) is 0 Å². The quantitative estimate of drug-likeness (QED) is 0.740. The molecule has 2 heterocycles. The molecule has 4 N–H and O–H groups in total. The third kappa shape index (κ3) is 4.65. The lowest BCUT2D eigenvalue weighted by Crippen LogP contribution is -2.28. The fourth-order valence-corrected chi connectivity index (χ4v) is 2.05. The van der Waals surface area contributed by atoms with Gasteiger partial charge in [-0.15, -0.1) is 0 Å². The highest BCUT2D eigenvalue weighted by atomic mass is 16.5. The van der Waals surface area contributed by atoms with Crippen molar-refractivity contribution in [1.82, 2.24) is 9.97 Å². The van der Waals surface area contributed by atoms with Gasteiger partial charge in [0.25, 0.3) is 0 Å². The van der Waals surface area contributed by atoms with Crippen LogP contribution in [0.5, 0.6) is 0 Å². The number of ether oxygens (including phenoxy) is 1. The number of aromatic nitrogens is 2. The Balaban J connectivity index is 1.99. The zero-order valence-corrected chi connectivity index (χ0v) is 11.6. The minimum Gasteiger partial charge on any atom is -0.381 e. The van der Waals surface area contributed by atoms with Crippen LogP contribution in [0, 0.1) is 6.92 Å². The summed E-state index contributed by atoms with van der Waals surface area (Å²) in [5.74, 6) is 2.44. The van der Waals surface area contributed by atoms with Gasteiger partial charge in [-0.1, -0.05) is 0 Å². The van der Waals surface area contributed by atoms with Gasteiger partial charge < -0.3 is 21.1 Å². The molecule has 1 aliphatic heterocycles. The van der Waals surface area contributed by atoms with Crippen molar-refractivity contribution < 1.29 is 4.74 Å². The van der Waals surface area contributed by atoms with Crippen molar-refractivity contribution in [3.8, 4) is 0 Å². The van der Waals surface area contributed by atoms with E-state index >= 15 is 0 Å². The molecule has 0 aliphatic carbocycles. The molecule has 1 aliphatic rings. The van der Waals surface area contributed by atoms with E-state index in [9.17, 15) is 0 Å². The number of nitrogens with one attached hydrogen (secondary N) is 2. The van der Waals surface area contributed by atoms with Crippen LogP contribution in [0.3, 0.4) is 0 Å². The van der Waals surface area contributed by atoms with Gasteiger partial charge in [-0.3, -0.25) is 0 Å². The van der Waals surface area contributed by atoms with Gasteiger partial charge in [-0.25, -0.2) is 9.97 Å². The summed E-state index contributed by atoms with van der Waals surface area (Å²) in [7, 11) is 0. The van der Waals surface area contributed by atoms with E-state index in [1.807, 2.05) is 19.9 Å². The van der Waals surface area contributed by atoms with Crippen LogP contribution in [0.1, 0.15) is 25.6 Å². The molecule has 0 spiro atoms. The molecule has 1 aromatic heterocycles. The van der Waals surface area contributed by atoms with Gasteiger partial charge in [0.1, 0.15) is 17.5 Å². The second kappa shape index (κ2) is 6.68. The molecular formula is C13H23N5O. The second-order valence-electron chi connectivity index (χ2n) is 5.07. The van der Waals surface area contributed by atoms with Crippen molar-refractivity contribution in [3.05, 3.63) is 11.9 Å². The van der Waals surface area contributed by atoms with E-state index in [1.54, 1.807) is 0 Å². The van der Waals surface area contributed by atoms with Crippen LogP contribution < -0.4 is 16.4 Å². The first-order chi connectivity index (χ1) is 9.13. The molecule has 0 aromatic carbocycles. The Hall–Kier alpha value is -1.40. The summed E-state index contributed by atoms with van der Waals surface area (Å²) < 4.78 is 5.35. The van der Waals surface area contributed by atoms with Crippen LogP contribution in [0.4, 0.5) is 11.6 Å². The van der Waals surface area contributed by atoms with E-state index in [0.717, 1.165) is 43.5 Å². The Kier molecular flexibility index (Phi) is 4.93. The first kappa shape index (κ1) is 14.0. The summed E-state index contributed by atoms with van der Waals surface area (Å²) in [5.41, 5.74) is 5.73. The SMILES string of the molecule is Cc1nc(NCC(C)N)cc(NC2CCOCC2)n1. The molecule has 1 saturated heterocycles. The summed E-state index contributed by atoms with van der Waals surface area (Å²) in [5, 5.41) is 6.67. The Bertz CT molecular complexity index is 404. The third-order valence-corrected chi connectivity index (χ3v) is 3.02. The zero-order valence-electron chi connectivity index (χ0n) is 11.6. The van der Waals surface area contributed by atoms with Gasteiger partial charge >= 0.3 is 0 Å². The van der Waals surface area contributed by atoms with Crippen molar-refractivity contribution in [2.45, 2.75) is 38.8 Å². The smallest absolute Gasteiger partial charge is 0.132 e. The largest absolute Gasteiger partial charge is 0.381 e. The monoisotopic (exact) mass is 265 g/mol. The van der Waals surface area contributed by atoms with Crippen molar-refractivity contribution >= 4 is 11.6 Å². The highest BCUT2D eigenvalue weighted by Gasteiger charge is 2.14.